The number of carboxylic acids is 2. The van der Waals surface area contributed by atoms with Gasteiger partial charge in [0.05, 0.1) is 12.7 Å². The zero-order valence-corrected chi connectivity index (χ0v) is 20.0. The molecule has 38 heavy (non-hydrogen) atoms. The number of piperidine rings is 1. The van der Waals surface area contributed by atoms with E-state index in [0.717, 1.165) is 39.3 Å². The molecule has 0 saturated carbocycles. The Kier molecular flexibility index (Phi) is 11.3. The van der Waals surface area contributed by atoms with Crippen molar-refractivity contribution < 1.29 is 50.9 Å². The smallest absolute Gasteiger partial charge is 0.475 e. The van der Waals surface area contributed by atoms with Crippen molar-refractivity contribution in [3.63, 3.8) is 0 Å². The minimum absolute atomic E-state index is 0.349. The molecule has 2 aromatic rings. The Labute approximate surface area is 214 Å². The molecule has 0 radical (unpaired) electrons. The van der Waals surface area contributed by atoms with E-state index in [1.807, 2.05) is 12.4 Å². The van der Waals surface area contributed by atoms with Gasteiger partial charge in [-0.3, -0.25) is 9.88 Å². The van der Waals surface area contributed by atoms with Crippen LogP contribution < -0.4 is 4.90 Å². The average Bonchev–Trinajstić information content (AvgIpc) is 3.06. The second kappa shape index (κ2) is 14.0. The van der Waals surface area contributed by atoms with Crippen LogP contribution in [0.4, 0.5) is 32.0 Å². The van der Waals surface area contributed by atoms with Gasteiger partial charge in [-0.2, -0.15) is 26.3 Å². The van der Waals surface area contributed by atoms with Crippen molar-refractivity contribution in [2.45, 2.75) is 31.4 Å². The van der Waals surface area contributed by atoms with Crippen molar-refractivity contribution in [2.24, 2.45) is 5.92 Å². The van der Waals surface area contributed by atoms with Crippen LogP contribution in [-0.2, 0) is 20.9 Å². The number of hydrogen-bond donors (Lipinski definition) is 2. The number of aliphatic carboxylic acids is 2. The van der Waals surface area contributed by atoms with Gasteiger partial charge in [-0.15, -0.1) is 0 Å². The molecule has 2 N–H and O–H groups in total. The third-order valence-corrected chi connectivity index (χ3v) is 5.69. The highest BCUT2D eigenvalue weighted by Crippen LogP contribution is 2.28. The molecule has 0 aliphatic carbocycles. The molecule has 4 rings (SSSR count). The first-order valence-corrected chi connectivity index (χ1v) is 11.4. The van der Waals surface area contributed by atoms with Crippen molar-refractivity contribution in [2.75, 3.05) is 37.7 Å². The van der Waals surface area contributed by atoms with Crippen LogP contribution >= 0.6 is 0 Å². The Morgan fingerprint density at radius 2 is 1.45 bits per heavy atom. The summed E-state index contributed by atoms with van der Waals surface area (Å²) in [6.07, 6.45) is -4.86. The first kappa shape index (κ1) is 30.8. The summed E-state index contributed by atoms with van der Waals surface area (Å²) in [7, 11) is 0. The van der Waals surface area contributed by atoms with Gasteiger partial charge in [0.25, 0.3) is 0 Å². The minimum atomic E-state index is -5.08. The number of carbonyl (C=O) groups is 2. The number of halogens is 6. The lowest BCUT2D eigenvalue weighted by molar-refractivity contribution is -0.193. The monoisotopic (exact) mass is 551 g/mol. The van der Waals surface area contributed by atoms with Gasteiger partial charge in [0.15, 0.2) is 0 Å². The van der Waals surface area contributed by atoms with Gasteiger partial charge in [0.1, 0.15) is 0 Å². The highest BCUT2D eigenvalue weighted by atomic mass is 19.4. The number of alkyl halides is 6. The summed E-state index contributed by atoms with van der Waals surface area (Å²) in [4.78, 5) is 26.9. The predicted molar refractivity (Wildman–Crippen MR) is 123 cm³/mol. The van der Waals surface area contributed by atoms with Crippen LogP contribution in [0.3, 0.4) is 0 Å². The molecule has 2 atom stereocenters. The number of nitrogens with zero attached hydrogens (tertiary/aromatic N) is 3. The van der Waals surface area contributed by atoms with Gasteiger partial charge < -0.3 is 19.8 Å². The Morgan fingerprint density at radius 3 is 1.97 bits per heavy atom. The normalized spacial score (nSPS) is 20.0. The molecule has 1 aromatic carbocycles. The van der Waals surface area contributed by atoms with Crippen molar-refractivity contribution >= 4 is 17.6 Å². The Hall–Kier alpha value is -3.39. The minimum Gasteiger partial charge on any atom is -0.475 e. The molecule has 2 aliphatic rings. The van der Waals surface area contributed by atoms with Crippen LogP contribution in [0.15, 0.2) is 54.9 Å². The number of para-hydroxylation sites is 1. The molecule has 1 aromatic heterocycles. The van der Waals surface area contributed by atoms with Crippen LogP contribution in [0.2, 0.25) is 0 Å². The van der Waals surface area contributed by atoms with E-state index >= 15 is 0 Å². The zero-order chi connectivity index (χ0) is 28.3. The fourth-order valence-corrected chi connectivity index (χ4v) is 3.88. The molecule has 14 heteroatoms. The Morgan fingerprint density at radius 1 is 0.895 bits per heavy atom. The molecule has 0 amide bonds. The molecule has 3 heterocycles. The molecular formula is C24H27F6N3O5. The highest BCUT2D eigenvalue weighted by Gasteiger charge is 2.39. The van der Waals surface area contributed by atoms with Gasteiger partial charge in [-0.1, -0.05) is 18.2 Å². The van der Waals surface area contributed by atoms with E-state index in [0.29, 0.717) is 12.0 Å². The van der Waals surface area contributed by atoms with E-state index in [9.17, 15) is 26.3 Å². The molecule has 210 valence electrons. The molecular weight excluding hydrogens is 524 g/mol. The summed E-state index contributed by atoms with van der Waals surface area (Å²) in [5, 5.41) is 14.2. The average molecular weight is 551 g/mol. The number of aromatic nitrogens is 1. The molecule has 0 bridgehead atoms. The maximum atomic E-state index is 10.6. The van der Waals surface area contributed by atoms with Crippen molar-refractivity contribution in [1.29, 1.82) is 0 Å². The number of pyridine rings is 1. The van der Waals surface area contributed by atoms with Gasteiger partial charge >= 0.3 is 24.3 Å². The highest BCUT2D eigenvalue weighted by molar-refractivity contribution is 5.73. The van der Waals surface area contributed by atoms with Crippen LogP contribution in [0.25, 0.3) is 0 Å². The summed E-state index contributed by atoms with van der Waals surface area (Å²) in [6, 6.07) is 14.9. The van der Waals surface area contributed by atoms with E-state index in [1.165, 1.54) is 17.7 Å². The largest absolute Gasteiger partial charge is 0.490 e. The predicted octanol–water partition coefficient (Wildman–Crippen LogP) is 4.08. The summed E-state index contributed by atoms with van der Waals surface area (Å²) in [5.74, 6) is -4.88. The number of benzene rings is 1. The topological polar surface area (TPSA) is 103 Å². The van der Waals surface area contributed by atoms with Gasteiger partial charge in [0.2, 0.25) is 0 Å². The number of ether oxygens (including phenoxy) is 1. The maximum Gasteiger partial charge on any atom is 0.490 e. The van der Waals surface area contributed by atoms with Gasteiger partial charge in [-0.05, 0) is 36.2 Å². The SMILES string of the molecule is O=C(O)C(F)(F)F.O=C(O)C(F)(F)F.c1ccc(N2CC[C@@H]3CN(Cc4ccncc4)CCO[C@@H]3C2)cc1. The van der Waals surface area contributed by atoms with Crippen LogP contribution in [0, 0.1) is 5.92 Å². The summed E-state index contributed by atoms with van der Waals surface area (Å²) >= 11 is 0. The third-order valence-electron chi connectivity index (χ3n) is 5.69. The molecule has 0 unspecified atom stereocenters. The lowest BCUT2D eigenvalue weighted by Gasteiger charge is -2.39. The third kappa shape index (κ3) is 10.5. The fraction of sp³-hybridized carbons (Fsp3) is 0.458. The summed E-state index contributed by atoms with van der Waals surface area (Å²) in [5.41, 5.74) is 2.66. The second-order valence-electron chi connectivity index (χ2n) is 8.44. The van der Waals surface area contributed by atoms with Crippen molar-refractivity contribution in [3.8, 4) is 0 Å². The molecule has 2 aliphatic heterocycles. The fourth-order valence-electron chi connectivity index (χ4n) is 3.88. The molecule has 8 nitrogen and oxygen atoms in total. The van der Waals surface area contributed by atoms with Crippen LogP contribution in [0.5, 0.6) is 0 Å². The van der Waals surface area contributed by atoms with Gasteiger partial charge in [-0.25, -0.2) is 9.59 Å². The molecule has 2 fully saturated rings. The quantitative estimate of drug-likeness (QED) is 0.551. The Bertz CT molecular complexity index is 984. The second-order valence-corrected chi connectivity index (χ2v) is 8.44. The van der Waals surface area contributed by atoms with E-state index in [2.05, 4.69) is 57.2 Å². The number of fused-ring (bicyclic) bond motifs is 1. The van der Waals surface area contributed by atoms with E-state index in [1.54, 1.807) is 0 Å². The number of rotatable bonds is 3. The number of anilines is 1. The van der Waals surface area contributed by atoms with E-state index in [-0.39, 0.29) is 0 Å². The zero-order valence-electron chi connectivity index (χ0n) is 20.0. The summed E-state index contributed by atoms with van der Waals surface area (Å²) < 4.78 is 69.7. The lowest BCUT2D eigenvalue weighted by atomic mass is 9.93. The standard InChI is InChI=1S/C20H25N3O.2C2HF3O2/c1-2-4-19(5-3-1)23-11-8-18-15-22(12-13-24-20(18)16-23)14-17-6-9-21-10-7-17;2*3-2(4,5)1(6)7/h1-7,9-10,18,20H,8,11-16H2;2*(H,6,7)/t18-,20-;;/m1../s1. The van der Waals surface area contributed by atoms with Crippen LogP contribution in [0.1, 0.15) is 12.0 Å². The van der Waals surface area contributed by atoms with E-state index in [4.69, 9.17) is 24.5 Å². The molecule has 2 saturated heterocycles. The Balaban J connectivity index is 0.000000301. The first-order valence-electron chi connectivity index (χ1n) is 11.4. The molecule has 0 spiro atoms. The maximum absolute atomic E-state index is 10.6. The van der Waals surface area contributed by atoms with E-state index < -0.39 is 24.3 Å². The number of carboxylic acid groups (broad SMARTS) is 2. The van der Waals surface area contributed by atoms with Crippen molar-refractivity contribution in [3.05, 3.63) is 60.4 Å². The van der Waals surface area contributed by atoms with Crippen molar-refractivity contribution in [1.82, 2.24) is 9.88 Å². The lowest BCUT2D eigenvalue weighted by Crippen LogP contribution is -2.47. The summed E-state index contributed by atoms with van der Waals surface area (Å²) in [6.45, 7) is 6.11. The first-order chi connectivity index (χ1) is 17.8. The number of hydrogen-bond acceptors (Lipinski definition) is 6. The van der Waals surface area contributed by atoms with Crippen LogP contribution in [-0.4, -0.2) is 83.3 Å². The van der Waals surface area contributed by atoms with Gasteiger partial charge in [0, 0.05) is 56.7 Å².